The fourth-order valence-corrected chi connectivity index (χ4v) is 1.96. The number of benzene rings is 1. The highest BCUT2D eigenvalue weighted by molar-refractivity contribution is 5.73. The van der Waals surface area contributed by atoms with Crippen molar-refractivity contribution in [1.82, 2.24) is 4.90 Å². The smallest absolute Gasteiger partial charge is 0.323 e. The Morgan fingerprint density at radius 1 is 1.39 bits per heavy atom. The summed E-state index contributed by atoms with van der Waals surface area (Å²) in [6.45, 7) is 1.58. The highest BCUT2D eigenvalue weighted by Crippen LogP contribution is 2.26. The van der Waals surface area contributed by atoms with Crippen molar-refractivity contribution in [2.24, 2.45) is 0 Å². The molecule has 6 nitrogen and oxygen atoms in total. The first-order chi connectivity index (χ1) is 8.58. The Balaban J connectivity index is 2.10. The minimum absolute atomic E-state index is 0.166. The van der Waals surface area contributed by atoms with E-state index in [-0.39, 0.29) is 18.1 Å². The predicted molar refractivity (Wildman–Crippen MR) is 62.4 cm³/mol. The van der Waals surface area contributed by atoms with Crippen LogP contribution in [-0.4, -0.2) is 52.0 Å². The van der Waals surface area contributed by atoms with Crippen LogP contribution in [0.15, 0.2) is 18.2 Å². The Hall–Kier alpha value is -1.79. The first-order valence-electron chi connectivity index (χ1n) is 5.63. The van der Waals surface area contributed by atoms with Crippen LogP contribution < -0.4 is 0 Å². The van der Waals surface area contributed by atoms with Crippen molar-refractivity contribution in [1.29, 1.82) is 0 Å². The molecule has 1 aliphatic heterocycles. The van der Waals surface area contributed by atoms with Gasteiger partial charge in [-0.15, -0.1) is 0 Å². The number of phenolic OH excluding ortho intramolecular Hbond substituents is 2. The number of nitrogens with zero attached hydrogens (tertiary/aromatic N) is 1. The summed E-state index contributed by atoms with van der Waals surface area (Å²) in [6.07, 6.45) is 0. The van der Waals surface area contributed by atoms with Gasteiger partial charge < -0.3 is 20.1 Å². The standard InChI is InChI=1S/C12H15NO5/c14-10-2-1-8(5-11(10)15)6-13-3-4-18-7-9(13)12(16)17/h1-2,5,9,14-15H,3-4,6-7H2,(H,16,17). The molecule has 6 heteroatoms. The van der Waals surface area contributed by atoms with E-state index in [4.69, 9.17) is 9.84 Å². The van der Waals surface area contributed by atoms with Crippen LogP contribution in [0.3, 0.4) is 0 Å². The van der Waals surface area contributed by atoms with Crippen LogP contribution in [0.2, 0.25) is 0 Å². The molecule has 0 aliphatic carbocycles. The number of aromatic hydroxyl groups is 2. The maximum Gasteiger partial charge on any atom is 0.323 e. The number of carboxylic acids is 1. The van der Waals surface area contributed by atoms with E-state index >= 15 is 0 Å². The number of ether oxygens (including phenoxy) is 1. The average molecular weight is 253 g/mol. The van der Waals surface area contributed by atoms with E-state index < -0.39 is 12.0 Å². The van der Waals surface area contributed by atoms with Crippen molar-refractivity contribution in [2.45, 2.75) is 12.6 Å². The molecule has 1 aromatic rings. The highest BCUT2D eigenvalue weighted by Gasteiger charge is 2.29. The Bertz CT molecular complexity index is 448. The third kappa shape index (κ3) is 2.72. The van der Waals surface area contributed by atoms with Crippen LogP contribution in [0.25, 0.3) is 0 Å². The number of carbonyl (C=O) groups is 1. The lowest BCUT2D eigenvalue weighted by atomic mass is 10.1. The summed E-state index contributed by atoms with van der Waals surface area (Å²) in [7, 11) is 0. The van der Waals surface area contributed by atoms with Crippen LogP contribution in [0, 0.1) is 0 Å². The molecule has 1 saturated heterocycles. The summed E-state index contributed by atoms with van der Waals surface area (Å²) in [6, 6.07) is 3.81. The van der Waals surface area contributed by atoms with Crippen LogP contribution in [0.5, 0.6) is 11.5 Å². The zero-order valence-corrected chi connectivity index (χ0v) is 9.74. The minimum Gasteiger partial charge on any atom is -0.504 e. The lowest BCUT2D eigenvalue weighted by Crippen LogP contribution is -2.49. The lowest BCUT2D eigenvalue weighted by Gasteiger charge is -2.32. The summed E-state index contributed by atoms with van der Waals surface area (Å²) in [4.78, 5) is 12.8. The molecule has 0 saturated carbocycles. The van der Waals surface area contributed by atoms with Crippen molar-refractivity contribution in [3.05, 3.63) is 23.8 Å². The predicted octanol–water partition coefficient (Wildman–Crippen LogP) is 0.383. The number of morpholine rings is 1. The molecule has 0 spiro atoms. The lowest BCUT2D eigenvalue weighted by molar-refractivity contribution is -0.150. The summed E-state index contributed by atoms with van der Waals surface area (Å²) < 4.78 is 5.14. The van der Waals surface area contributed by atoms with Crippen LogP contribution >= 0.6 is 0 Å². The van der Waals surface area contributed by atoms with E-state index in [1.165, 1.54) is 12.1 Å². The molecule has 98 valence electrons. The Morgan fingerprint density at radius 3 is 2.83 bits per heavy atom. The van der Waals surface area contributed by atoms with Crippen LogP contribution in [-0.2, 0) is 16.1 Å². The van der Waals surface area contributed by atoms with E-state index in [2.05, 4.69) is 0 Å². The van der Waals surface area contributed by atoms with Gasteiger partial charge in [0.25, 0.3) is 0 Å². The van der Waals surface area contributed by atoms with E-state index in [1.54, 1.807) is 11.0 Å². The van der Waals surface area contributed by atoms with Gasteiger partial charge in [-0.3, -0.25) is 9.69 Å². The zero-order valence-electron chi connectivity index (χ0n) is 9.74. The van der Waals surface area contributed by atoms with Crippen molar-refractivity contribution >= 4 is 5.97 Å². The van der Waals surface area contributed by atoms with Crippen LogP contribution in [0.4, 0.5) is 0 Å². The minimum atomic E-state index is -0.919. The van der Waals surface area contributed by atoms with Gasteiger partial charge in [-0.05, 0) is 17.7 Å². The number of phenols is 2. The maximum absolute atomic E-state index is 11.1. The second kappa shape index (κ2) is 5.24. The summed E-state index contributed by atoms with van der Waals surface area (Å²) in [5.41, 5.74) is 0.749. The Morgan fingerprint density at radius 2 is 2.17 bits per heavy atom. The average Bonchev–Trinajstić information content (AvgIpc) is 2.34. The first kappa shape index (κ1) is 12.7. The number of aliphatic carboxylic acids is 1. The van der Waals surface area contributed by atoms with Crippen LogP contribution in [0.1, 0.15) is 5.56 Å². The van der Waals surface area contributed by atoms with Gasteiger partial charge in [0.15, 0.2) is 11.5 Å². The molecule has 1 aromatic carbocycles. The monoisotopic (exact) mass is 253 g/mol. The van der Waals surface area contributed by atoms with Gasteiger partial charge in [-0.2, -0.15) is 0 Å². The molecule has 1 unspecified atom stereocenters. The van der Waals surface area contributed by atoms with Gasteiger partial charge >= 0.3 is 5.97 Å². The van der Waals surface area contributed by atoms with E-state index in [0.717, 1.165) is 5.56 Å². The van der Waals surface area contributed by atoms with Gasteiger partial charge in [0.1, 0.15) is 6.04 Å². The SMILES string of the molecule is O=C(O)C1COCCN1Cc1ccc(O)c(O)c1. The topological polar surface area (TPSA) is 90.2 Å². The number of rotatable bonds is 3. The number of hydrogen-bond donors (Lipinski definition) is 3. The molecule has 0 aromatic heterocycles. The third-order valence-electron chi connectivity index (χ3n) is 2.95. The molecule has 0 bridgehead atoms. The molecule has 3 N–H and O–H groups in total. The summed E-state index contributed by atoms with van der Waals surface area (Å²) >= 11 is 0. The fraction of sp³-hybridized carbons (Fsp3) is 0.417. The second-order valence-electron chi connectivity index (χ2n) is 4.22. The van der Waals surface area contributed by atoms with Gasteiger partial charge in [0.2, 0.25) is 0 Å². The largest absolute Gasteiger partial charge is 0.504 e. The highest BCUT2D eigenvalue weighted by atomic mass is 16.5. The molecule has 0 amide bonds. The van der Waals surface area contributed by atoms with Gasteiger partial charge in [0.05, 0.1) is 13.2 Å². The van der Waals surface area contributed by atoms with E-state index in [0.29, 0.717) is 19.7 Å². The van der Waals surface area contributed by atoms with E-state index in [9.17, 15) is 15.0 Å². The fourth-order valence-electron chi connectivity index (χ4n) is 1.96. The molecular weight excluding hydrogens is 238 g/mol. The van der Waals surface area contributed by atoms with Gasteiger partial charge in [-0.25, -0.2) is 0 Å². The summed E-state index contributed by atoms with van der Waals surface area (Å²) in [5, 5.41) is 27.7. The molecule has 0 radical (unpaired) electrons. The van der Waals surface area contributed by atoms with Crippen molar-refractivity contribution in [2.75, 3.05) is 19.8 Å². The molecule has 1 heterocycles. The van der Waals surface area contributed by atoms with Crippen molar-refractivity contribution < 1.29 is 24.9 Å². The molecule has 2 rings (SSSR count). The van der Waals surface area contributed by atoms with Gasteiger partial charge in [-0.1, -0.05) is 6.07 Å². The maximum atomic E-state index is 11.1. The Labute approximate surface area is 104 Å². The molecule has 1 atom stereocenters. The summed E-state index contributed by atoms with van der Waals surface area (Å²) in [5.74, 6) is -1.30. The first-order valence-corrected chi connectivity index (χ1v) is 5.63. The van der Waals surface area contributed by atoms with Crippen molar-refractivity contribution in [3.8, 4) is 11.5 Å². The van der Waals surface area contributed by atoms with Gasteiger partial charge in [0, 0.05) is 13.1 Å². The Kier molecular flexibility index (Phi) is 3.69. The number of hydrogen-bond acceptors (Lipinski definition) is 5. The molecular formula is C12H15NO5. The second-order valence-corrected chi connectivity index (χ2v) is 4.22. The zero-order chi connectivity index (χ0) is 13.1. The van der Waals surface area contributed by atoms with E-state index in [1.807, 2.05) is 0 Å². The normalized spacial score (nSPS) is 20.8. The van der Waals surface area contributed by atoms with Crippen molar-refractivity contribution in [3.63, 3.8) is 0 Å². The quantitative estimate of drug-likeness (QED) is 0.675. The molecule has 18 heavy (non-hydrogen) atoms. The number of carboxylic acid groups (broad SMARTS) is 1. The molecule has 1 fully saturated rings. The molecule has 1 aliphatic rings. The third-order valence-corrected chi connectivity index (χ3v) is 2.95.